The number of alkyl halides is 3. The monoisotopic (exact) mass is 493 g/mol. The number of nitrogens with one attached hydrogen (secondary N) is 1. The van der Waals surface area contributed by atoms with Gasteiger partial charge in [0.1, 0.15) is 10.8 Å². The molecule has 2 aromatic carbocycles. The van der Waals surface area contributed by atoms with Crippen LogP contribution in [0.15, 0.2) is 79.1 Å². The number of rotatable bonds is 5. The molecule has 0 saturated heterocycles. The Bertz CT molecular complexity index is 1510. The Morgan fingerprint density at radius 2 is 1.69 bits per heavy atom. The number of ether oxygens (including phenoxy) is 1. The molecule has 35 heavy (non-hydrogen) atoms. The summed E-state index contributed by atoms with van der Waals surface area (Å²) in [6.45, 7) is 0. The van der Waals surface area contributed by atoms with Gasteiger partial charge in [0.2, 0.25) is 5.13 Å². The van der Waals surface area contributed by atoms with E-state index in [1.54, 1.807) is 24.5 Å². The van der Waals surface area contributed by atoms with E-state index in [0.717, 1.165) is 34.6 Å². The van der Waals surface area contributed by atoms with E-state index >= 15 is 0 Å². The van der Waals surface area contributed by atoms with Crippen molar-refractivity contribution in [1.82, 2.24) is 20.2 Å². The van der Waals surface area contributed by atoms with E-state index in [1.165, 1.54) is 12.1 Å². The van der Waals surface area contributed by atoms with Gasteiger partial charge < -0.3 is 4.74 Å². The lowest BCUT2D eigenvalue weighted by atomic mass is 10.0. The highest BCUT2D eigenvalue weighted by atomic mass is 32.1. The van der Waals surface area contributed by atoms with Crippen LogP contribution in [0.2, 0.25) is 0 Å². The number of hydrogen-bond donors (Lipinski definition) is 1. The van der Waals surface area contributed by atoms with Gasteiger partial charge in [-0.1, -0.05) is 41.7 Å². The summed E-state index contributed by atoms with van der Waals surface area (Å²) in [4.78, 5) is 21.8. The van der Waals surface area contributed by atoms with Crippen molar-refractivity contribution < 1.29 is 22.7 Å². The van der Waals surface area contributed by atoms with E-state index in [-0.39, 0.29) is 16.1 Å². The van der Waals surface area contributed by atoms with Gasteiger partial charge in [-0.25, -0.2) is 4.98 Å². The average molecular weight is 493 g/mol. The molecule has 0 spiro atoms. The largest absolute Gasteiger partial charge is 0.573 e. The van der Waals surface area contributed by atoms with E-state index in [4.69, 9.17) is 0 Å². The number of aromatic nitrogens is 4. The number of carbonyl (C=O) groups is 1. The van der Waals surface area contributed by atoms with Crippen LogP contribution in [0.4, 0.5) is 18.3 Å². The van der Waals surface area contributed by atoms with Crippen LogP contribution in [0.25, 0.3) is 32.7 Å². The molecule has 0 aliphatic heterocycles. The van der Waals surface area contributed by atoms with E-state index in [2.05, 4.69) is 30.2 Å². The van der Waals surface area contributed by atoms with Crippen molar-refractivity contribution in [3.8, 4) is 27.6 Å². The van der Waals surface area contributed by atoms with Crippen LogP contribution in [0, 0.1) is 0 Å². The fourth-order valence-corrected chi connectivity index (χ4v) is 4.14. The summed E-state index contributed by atoms with van der Waals surface area (Å²) in [7, 11) is 0. The van der Waals surface area contributed by atoms with Gasteiger partial charge >= 0.3 is 6.36 Å². The number of nitrogens with zero attached hydrogens (tertiary/aromatic N) is 4. The molecular formula is C24H14F3N5O2S. The minimum absolute atomic E-state index is 0.113. The van der Waals surface area contributed by atoms with Crippen LogP contribution < -0.4 is 10.1 Å². The maximum atomic E-state index is 13.3. The zero-order valence-corrected chi connectivity index (χ0v) is 18.5. The first kappa shape index (κ1) is 22.4. The number of benzene rings is 2. The highest BCUT2D eigenvalue weighted by Gasteiger charge is 2.31. The Balaban J connectivity index is 1.55. The van der Waals surface area contributed by atoms with Crippen LogP contribution in [0.1, 0.15) is 10.4 Å². The summed E-state index contributed by atoms with van der Waals surface area (Å²) in [6, 6.07) is 17.9. The SMILES string of the molecule is O=C(Nc1nnc(-c2ccncc2)s1)c1cc(-c2ccccc2)nc2ccc(OC(F)(F)F)cc12. The fraction of sp³-hybridized carbons (Fsp3) is 0.0417. The van der Waals surface area contributed by atoms with Gasteiger partial charge in [-0.3, -0.25) is 15.1 Å². The number of pyridine rings is 2. The van der Waals surface area contributed by atoms with Crippen molar-refractivity contribution in [2.75, 3.05) is 5.32 Å². The second-order valence-electron chi connectivity index (χ2n) is 7.25. The highest BCUT2D eigenvalue weighted by Crippen LogP contribution is 2.31. The molecule has 5 aromatic rings. The van der Waals surface area contributed by atoms with Gasteiger partial charge in [0.15, 0.2) is 0 Å². The molecule has 0 saturated carbocycles. The van der Waals surface area contributed by atoms with Crippen LogP contribution in [0.3, 0.4) is 0 Å². The van der Waals surface area contributed by atoms with E-state index < -0.39 is 18.0 Å². The average Bonchev–Trinajstić information content (AvgIpc) is 3.32. The van der Waals surface area contributed by atoms with Crippen molar-refractivity contribution in [3.63, 3.8) is 0 Å². The third-order valence-corrected chi connectivity index (χ3v) is 5.79. The number of carbonyl (C=O) groups excluding carboxylic acids is 1. The molecule has 174 valence electrons. The Hall–Kier alpha value is -4.38. The third-order valence-electron chi connectivity index (χ3n) is 4.90. The zero-order chi connectivity index (χ0) is 24.4. The third kappa shape index (κ3) is 5.09. The fourth-order valence-electron chi connectivity index (χ4n) is 3.40. The van der Waals surface area contributed by atoms with E-state index in [9.17, 15) is 18.0 Å². The summed E-state index contributed by atoms with van der Waals surface area (Å²) >= 11 is 1.15. The quantitative estimate of drug-likeness (QED) is 0.325. The molecule has 11 heteroatoms. The standard InChI is InChI=1S/C24H14F3N5O2S/c25-24(26,27)34-16-6-7-19-17(12-16)18(13-20(29-19)14-4-2-1-3-5-14)21(33)30-23-32-31-22(35-23)15-8-10-28-11-9-15/h1-13H,(H,30,32,33). The smallest absolute Gasteiger partial charge is 0.406 e. The second-order valence-corrected chi connectivity index (χ2v) is 8.23. The molecule has 1 N–H and O–H groups in total. The molecule has 7 nitrogen and oxygen atoms in total. The van der Waals surface area contributed by atoms with Crippen LogP contribution in [-0.2, 0) is 0 Å². The van der Waals surface area contributed by atoms with Crippen LogP contribution >= 0.6 is 11.3 Å². The molecule has 3 heterocycles. The summed E-state index contributed by atoms with van der Waals surface area (Å²) in [5.74, 6) is -1.03. The van der Waals surface area contributed by atoms with E-state index in [0.29, 0.717) is 16.2 Å². The predicted molar refractivity (Wildman–Crippen MR) is 125 cm³/mol. The Morgan fingerprint density at radius 1 is 0.914 bits per heavy atom. The molecule has 0 unspecified atom stereocenters. The van der Waals surface area contributed by atoms with Crippen molar-refractivity contribution in [2.24, 2.45) is 0 Å². The number of fused-ring (bicyclic) bond motifs is 1. The molecule has 0 aliphatic rings. The first-order chi connectivity index (χ1) is 16.9. The summed E-state index contributed by atoms with van der Waals surface area (Å²) in [6.07, 6.45) is -1.64. The van der Waals surface area contributed by atoms with Crippen molar-refractivity contribution >= 4 is 33.3 Å². The maximum Gasteiger partial charge on any atom is 0.573 e. The van der Waals surface area contributed by atoms with Gasteiger partial charge in [0, 0.05) is 28.9 Å². The molecule has 3 aromatic heterocycles. The predicted octanol–water partition coefficient (Wildman–Crippen LogP) is 5.97. The van der Waals surface area contributed by atoms with Crippen LogP contribution in [0.5, 0.6) is 5.75 Å². The lowest BCUT2D eigenvalue weighted by Gasteiger charge is -2.12. The van der Waals surface area contributed by atoms with Crippen molar-refractivity contribution in [3.05, 3.63) is 84.7 Å². The first-order valence-corrected chi connectivity index (χ1v) is 11.0. The molecule has 0 atom stereocenters. The van der Waals surface area contributed by atoms with Gasteiger partial charge in [0.05, 0.1) is 16.8 Å². The Labute approximate surface area is 200 Å². The van der Waals surface area contributed by atoms with Gasteiger partial charge in [-0.05, 0) is 36.4 Å². The molecule has 1 amide bonds. The van der Waals surface area contributed by atoms with E-state index in [1.807, 2.05) is 30.3 Å². The molecule has 5 rings (SSSR count). The van der Waals surface area contributed by atoms with Crippen molar-refractivity contribution in [1.29, 1.82) is 0 Å². The Morgan fingerprint density at radius 3 is 2.43 bits per heavy atom. The van der Waals surface area contributed by atoms with Gasteiger partial charge in [0.25, 0.3) is 5.91 Å². The summed E-state index contributed by atoms with van der Waals surface area (Å²) in [5.41, 5.74) is 2.47. The van der Waals surface area contributed by atoms with Crippen LogP contribution in [-0.4, -0.2) is 32.4 Å². The summed E-state index contributed by atoms with van der Waals surface area (Å²) < 4.78 is 42.4. The zero-order valence-electron chi connectivity index (χ0n) is 17.7. The van der Waals surface area contributed by atoms with Gasteiger partial charge in [-0.2, -0.15) is 0 Å². The normalized spacial score (nSPS) is 11.4. The summed E-state index contributed by atoms with van der Waals surface area (Å²) in [5, 5.41) is 11.8. The molecule has 0 aliphatic carbocycles. The molecule has 0 fully saturated rings. The minimum Gasteiger partial charge on any atom is -0.406 e. The lowest BCUT2D eigenvalue weighted by Crippen LogP contribution is -2.17. The maximum absolute atomic E-state index is 13.3. The molecule has 0 radical (unpaired) electrons. The highest BCUT2D eigenvalue weighted by molar-refractivity contribution is 7.18. The topological polar surface area (TPSA) is 89.9 Å². The number of anilines is 1. The number of halogens is 3. The number of hydrogen-bond acceptors (Lipinski definition) is 7. The molecule has 0 bridgehead atoms. The lowest BCUT2D eigenvalue weighted by molar-refractivity contribution is -0.274. The Kier molecular flexibility index (Phi) is 5.83. The van der Waals surface area contributed by atoms with Gasteiger partial charge in [-0.15, -0.1) is 23.4 Å². The minimum atomic E-state index is -4.87. The first-order valence-electron chi connectivity index (χ1n) is 10.2. The molecular weight excluding hydrogens is 479 g/mol. The number of amides is 1. The van der Waals surface area contributed by atoms with Crippen molar-refractivity contribution in [2.45, 2.75) is 6.36 Å². The second kappa shape index (κ2) is 9.11.